The van der Waals surface area contributed by atoms with Gasteiger partial charge >= 0.3 is 0 Å². The summed E-state index contributed by atoms with van der Waals surface area (Å²) in [5.41, 5.74) is 0. The first kappa shape index (κ1) is 13.3. The van der Waals surface area contributed by atoms with Crippen LogP contribution in [0.5, 0.6) is 0 Å². The third-order valence-corrected chi connectivity index (χ3v) is 3.75. The van der Waals surface area contributed by atoms with Crippen LogP contribution in [-0.4, -0.2) is 62.7 Å². The number of methoxy groups -OCH3 is 1. The molecule has 2 rings (SSSR count). The highest BCUT2D eigenvalue weighted by Gasteiger charge is 2.38. The zero-order valence-corrected chi connectivity index (χ0v) is 11.2. The minimum absolute atomic E-state index is 0.179. The molecule has 0 aromatic heterocycles. The van der Waals surface area contributed by atoms with E-state index in [0.717, 1.165) is 19.8 Å². The first-order valence-electron chi connectivity index (χ1n) is 6.68. The van der Waals surface area contributed by atoms with Gasteiger partial charge in [-0.05, 0) is 26.7 Å². The van der Waals surface area contributed by atoms with E-state index in [1.54, 1.807) is 7.11 Å². The van der Waals surface area contributed by atoms with Gasteiger partial charge < -0.3 is 14.2 Å². The lowest BCUT2D eigenvalue weighted by atomic mass is 10.2. The highest BCUT2D eigenvalue weighted by Crippen LogP contribution is 2.28. The maximum Gasteiger partial charge on any atom is 0.0931 e. The molecule has 0 amide bonds. The Hall–Kier alpha value is -0.160. The molecule has 2 saturated heterocycles. The molecule has 100 valence electrons. The van der Waals surface area contributed by atoms with Crippen molar-refractivity contribution < 1.29 is 14.2 Å². The molecule has 2 aliphatic heterocycles. The highest BCUT2D eigenvalue weighted by atomic mass is 16.5. The number of morpholine rings is 1. The van der Waals surface area contributed by atoms with Crippen molar-refractivity contribution in [2.24, 2.45) is 0 Å². The van der Waals surface area contributed by atoms with Crippen LogP contribution >= 0.6 is 0 Å². The molecule has 0 aromatic carbocycles. The highest BCUT2D eigenvalue weighted by molar-refractivity contribution is 4.91. The van der Waals surface area contributed by atoms with Crippen molar-refractivity contribution in [2.45, 2.75) is 51.0 Å². The van der Waals surface area contributed by atoms with Gasteiger partial charge in [0.2, 0.25) is 0 Å². The van der Waals surface area contributed by atoms with Gasteiger partial charge in [-0.15, -0.1) is 0 Å². The number of fused-ring (bicyclic) bond motifs is 2. The van der Waals surface area contributed by atoms with Gasteiger partial charge in [-0.3, -0.25) is 4.90 Å². The van der Waals surface area contributed by atoms with Gasteiger partial charge in [0.15, 0.2) is 0 Å². The molecule has 3 unspecified atom stereocenters. The summed E-state index contributed by atoms with van der Waals surface area (Å²) in [6, 6.07) is 1.20. The molecule has 0 saturated carbocycles. The molecule has 2 heterocycles. The Balaban J connectivity index is 1.81. The second-order valence-corrected chi connectivity index (χ2v) is 5.36. The molecule has 4 nitrogen and oxygen atoms in total. The molecule has 3 atom stereocenters. The fourth-order valence-corrected chi connectivity index (χ4v) is 2.74. The van der Waals surface area contributed by atoms with E-state index < -0.39 is 0 Å². The van der Waals surface area contributed by atoms with E-state index >= 15 is 0 Å². The van der Waals surface area contributed by atoms with Gasteiger partial charge in [0.25, 0.3) is 0 Å². The van der Waals surface area contributed by atoms with Gasteiger partial charge in [-0.1, -0.05) is 0 Å². The Morgan fingerprint density at radius 1 is 1.24 bits per heavy atom. The minimum atomic E-state index is 0.179. The van der Waals surface area contributed by atoms with Gasteiger partial charge in [0, 0.05) is 25.7 Å². The van der Waals surface area contributed by atoms with Crippen molar-refractivity contribution in [2.75, 3.05) is 33.5 Å². The summed E-state index contributed by atoms with van der Waals surface area (Å²) < 4.78 is 16.8. The maximum absolute atomic E-state index is 5.64. The Morgan fingerprint density at radius 2 is 1.88 bits per heavy atom. The molecular formula is C13H25NO3. The van der Waals surface area contributed by atoms with E-state index in [2.05, 4.69) is 18.7 Å². The average Bonchev–Trinajstić information content (AvgIpc) is 2.53. The first-order chi connectivity index (χ1) is 8.20. The van der Waals surface area contributed by atoms with Gasteiger partial charge in [-0.25, -0.2) is 0 Å². The summed E-state index contributed by atoms with van der Waals surface area (Å²) in [6.45, 7) is 7.55. The summed E-state index contributed by atoms with van der Waals surface area (Å²) in [6.07, 6.45) is 2.99. The monoisotopic (exact) mass is 243 g/mol. The maximum atomic E-state index is 5.64. The van der Waals surface area contributed by atoms with E-state index in [9.17, 15) is 0 Å². The topological polar surface area (TPSA) is 30.9 Å². The van der Waals surface area contributed by atoms with Crippen molar-refractivity contribution in [1.29, 1.82) is 0 Å². The van der Waals surface area contributed by atoms with Crippen LogP contribution in [0.2, 0.25) is 0 Å². The number of ether oxygens (including phenoxy) is 3. The van der Waals surface area contributed by atoms with Gasteiger partial charge in [0.05, 0.1) is 32.0 Å². The van der Waals surface area contributed by atoms with Crippen molar-refractivity contribution >= 4 is 0 Å². The lowest BCUT2D eigenvalue weighted by Crippen LogP contribution is -2.50. The molecule has 0 N–H and O–H groups in total. The fourth-order valence-electron chi connectivity index (χ4n) is 2.74. The third kappa shape index (κ3) is 3.41. The average molecular weight is 243 g/mol. The Kier molecular flexibility index (Phi) is 4.79. The van der Waals surface area contributed by atoms with Gasteiger partial charge in [0.1, 0.15) is 0 Å². The summed E-state index contributed by atoms with van der Waals surface area (Å²) in [5, 5.41) is 0. The lowest BCUT2D eigenvalue weighted by Gasteiger charge is -2.36. The molecular weight excluding hydrogens is 218 g/mol. The molecule has 0 radical (unpaired) electrons. The number of hydrogen-bond acceptors (Lipinski definition) is 4. The SMILES string of the molecule is COC(COC(C)C)CN1C2CCC1COC2. The van der Waals surface area contributed by atoms with Crippen LogP contribution in [0.1, 0.15) is 26.7 Å². The summed E-state index contributed by atoms with van der Waals surface area (Å²) in [7, 11) is 1.77. The summed E-state index contributed by atoms with van der Waals surface area (Å²) >= 11 is 0. The van der Waals surface area contributed by atoms with Crippen LogP contribution < -0.4 is 0 Å². The molecule has 2 fully saturated rings. The van der Waals surface area contributed by atoms with E-state index in [4.69, 9.17) is 14.2 Å². The quantitative estimate of drug-likeness (QED) is 0.703. The lowest BCUT2D eigenvalue weighted by molar-refractivity contribution is -0.0663. The van der Waals surface area contributed by atoms with E-state index in [0.29, 0.717) is 18.7 Å². The molecule has 2 bridgehead atoms. The Labute approximate surface area is 104 Å². The molecule has 0 aromatic rings. The predicted octanol–water partition coefficient (Wildman–Crippen LogP) is 1.29. The first-order valence-corrected chi connectivity index (χ1v) is 6.68. The van der Waals surface area contributed by atoms with Crippen LogP contribution in [0.15, 0.2) is 0 Å². The molecule has 2 aliphatic rings. The number of nitrogens with zero attached hydrogens (tertiary/aromatic N) is 1. The number of hydrogen-bond donors (Lipinski definition) is 0. The van der Waals surface area contributed by atoms with Gasteiger partial charge in [-0.2, -0.15) is 0 Å². The second-order valence-electron chi connectivity index (χ2n) is 5.36. The van der Waals surface area contributed by atoms with E-state index in [1.807, 2.05) is 0 Å². The largest absolute Gasteiger partial charge is 0.378 e. The van der Waals surface area contributed by atoms with Crippen LogP contribution in [-0.2, 0) is 14.2 Å². The van der Waals surface area contributed by atoms with Crippen LogP contribution in [0.4, 0.5) is 0 Å². The zero-order valence-electron chi connectivity index (χ0n) is 11.2. The smallest absolute Gasteiger partial charge is 0.0931 e. The standard InChI is InChI=1S/C13H25NO3/c1-10(2)17-9-13(15-3)6-14-11-4-5-12(14)8-16-7-11/h10-13H,4-9H2,1-3H3. The molecule has 17 heavy (non-hydrogen) atoms. The fraction of sp³-hybridized carbons (Fsp3) is 1.00. The minimum Gasteiger partial charge on any atom is -0.378 e. The Morgan fingerprint density at radius 3 is 2.41 bits per heavy atom. The second kappa shape index (κ2) is 6.14. The summed E-state index contributed by atoms with van der Waals surface area (Å²) in [5.74, 6) is 0. The molecule has 0 spiro atoms. The third-order valence-electron chi connectivity index (χ3n) is 3.75. The zero-order chi connectivity index (χ0) is 12.3. The normalized spacial score (nSPS) is 31.1. The van der Waals surface area contributed by atoms with Crippen molar-refractivity contribution in [3.05, 3.63) is 0 Å². The Bertz CT molecular complexity index is 219. The van der Waals surface area contributed by atoms with E-state index in [1.165, 1.54) is 12.8 Å². The number of rotatable bonds is 6. The van der Waals surface area contributed by atoms with Crippen molar-refractivity contribution in [3.63, 3.8) is 0 Å². The van der Waals surface area contributed by atoms with Crippen molar-refractivity contribution in [1.82, 2.24) is 4.90 Å². The summed E-state index contributed by atoms with van der Waals surface area (Å²) in [4.78, 5) is 2.56. The molecule has 4 heteroatoms. The molecule has 0 aliphatic carbocycles. The predicted molar refractivity (Wildman–Crippen MR) is 66.2 cm³/mol. The van der Waals surface area contributed by atoms with Crippen LogP contribution in [0.25, 0.3) is 0 Å². The van der Waals surface area contributed by atoms with Crippen LogP contribution in [0, 0.1) is 0 Å². The van der Waals surface area contributed by atoms with E-state index in [-0.39, 0.29) is 12.2 Å². The van der Waals surface area contributed by atoms with Crippen molar-refractivity contribution in [3.8, 4) is 0 Å². The van der Waals surface area contributed by atoms with Crippen LogP contribution in [0.3, 0.4) is 0 Å².